The van der Waals surface area contributed by atoms with Crippen LogP contribution in [0.3, 0.4) is 0 Å². The van der Waals surface area contributed by atoms with Gasteiger partial charge in [0.1, 0.15) is 5.84 Å². The molecular formula is C12H21N3O. The van der Waals surface area contributed by atoms with E-state index in [1.54, 1.807) is 6.92 Å². The molecule has 0 spiro atoms. The van der Waals surface area contributed by atoms with Gasteiger partial charge >= 0.3 is 0 Å². The Morgan fingerprint density at radius 1 is 1.69 bits per heavy atom. The zero-order valence-electron chi connectivity index (χ0n) is 10.2. The fraction of sp³-hybridized carbons (Fsp3) is 0.583. The minimum Gasteiger partial charge on any atom is -0.402 e. The van der Waals surface area contributed by atoms with E-state index in [4.69, 9.17) is 5.73 Å². The molecule has 0 aromatic rings. The number of aliphatic imine (C=N–C) groups is 1. The van der Waals surface area contributed by atoms with Gasteiger partial charge in [0.15, 0.2) is 0 Å². The summed E-state index contributed by atoms with van der Waals surface area (Å²) in [5, 5.41) is 12.5. The largest absolute Gasteiger partial charge is 0.402 e. The molecule has 16 heavy (non-hydrogen) atoms. The number of rotatable bonds is 4. The van der Waals surface area contributed by atoms with Gasteiger partial charge in [-0.3, -0.25) is 4.99 Å². The highest BCUT2D eigenvalue weighted by Crippen LogP contribution is 2.11. The molecule has 1 atom stereocenters. The maximum Gasteiger partial charge on any atom is 0.101 e. The van der Waals surface area contributed by atoms with Gasteiger partial charge in [0, 0.05) is 24.2 Å². The third kappa shape index (κ3) is 3.70. The number of nitrogens with two attached hydrogens (primary N) is 1. The van der Waals surface area contributed by atoms with E-state index < -0.39 is 6.10 Å². The van der Waals surface area contributed by atoms with E-state index in [9.17, 15) is 5.11 Å². The maximum absolute atomic E-state index is 9.21. The third-order valence-corrected chi connectivity index (χ3v) is 2.47. The quantitative estimate of drug-likeness (QED) is 0.672. The second-order valence-corrected chi connectivity index (χ2v) is 4.18. The first-order chi connectivity index (χ1) is 7.52. The van der Waals surface area contributed by atoms with Crippen LogP contribution in [0.1, 0.15) is 33.6 Å². The Balaban J connectivity index is 2.65. The summed E-state index contributed by atoms with van der Waals surface area (Å²) in [4.78, 5) is 4.35. The van der Waals surface area contributed by atoms with Crippen LogP contribution in [0, 0.1) is 0 Å². The molecule has 1 aliphatic heterocycles. The van der Waals surface area contributed by atoms with Crippen molar-refractivity contribution in [1.82, 2.24) is 5.32 Å². The van der Waals surface area contributed by atoms with E-state index in [1.807, 2.05) is 13.0 Å². The molecule has 1 aliphatic rings. The summed E-state index contributed by atoms with van der Waals surface area (Å²) in [5.74, 6) is 1.02. The summed E-state index contributed by atoms with van der Waals surface area (Å²) in [7, 11) is 0. The normalized spacial score (nSPS) is 21.5. The van der Waals surface area contributed by atoms with Gasteiger partial charge in [-0.15, -0.1) is 0 Å². The topological polar surface area (TPSA) is 70.6 Å². The van der Waals surface area contributed by atoms with E-state index in [0.717, 1.165) is 23.5 Å². The minimum absolute atomic E-state index is 0.395. The van der Waals surface area contributed by atoms with E-state index in [1.165, 1.54) is 0 Å². The smallest absolute Gasteiger partial charge is 0.101 e. The van der Waals surface area contributed by atoms with Crippen LogP contribution in [0.25, 0.3) is 0 Å². The Morgan fingerprint density at radius 2 is 2.38 bits per heavy atom. The molecule has 1 heterocycles. The molecule has 0 fully saturated rings. The first-order valence-electron chi connectivity index (χ1n) is 5.67. The second-order valence-electron chi connectivity index (χ2n) is 4.18. The zero-order valence-corrected chi connectivity index (χ0v) is 10.2. The molecule has 0 aromatic carbocycles. The van der Waals surface area contributed by atoms with Crippen molar-refractivity contribution in [2.75, 3.05) is 6.54 Å². The Kier molecular flexibility index (Phi) is 4.55. The van der Waals surface area contributed by atoms with Gasteiger partial charge in [0.25, 0.3) is 0 Å². The molecule has 1 rings (SSSR count). The van der Waals surface area contributed by atoms with E-state index >= 15 is 0 Å². The van der Waals surface area contributed by atoms with Gasteiger partial charge in [0.05, 0.1) is 12.6 Å². The molecule has 4 heteroatoms. The Labute approximate surface area is 96.9 Å². The maximum atomic E-state index is 9.21. The second kappa shape index (κ2) is 5.70. The van der Waals surface area contributed by atoms with Crippen molar-refractivity contribution in [1.29, 1.82) is 0 Å². The molecule has 4 nitrogen and oxygen atoms in total. The van der Waals surface area contributed by atoms with Gasteiger partial charge in [-0.1, -0.05) is 6.92 Å². The van der Waals surface area contributed by atoms with Crippen LogP contribution in [-0.2, 0) is 0 Å². The SMILES string of the molecule is CCC1=NC/C(=C(C)\C=C(/N)CC(C)O)N1. The number of hydrogen-bond acceptors (Lipinski definition) is 4. The highest BCUT2D eigenvalue weighted by Gasteiger charge is 2.10. The number of nitrogens with zero attached hydrogens (tertiary/aromatic N) is 1. The molecule has 1 unspecified atom stereocenters. The lowest BCUT2D eigenvalue weighted by Gasteiger charge is -2.07. The summed E-state index contributed by atoms with van der Waals surface area (Å²) >= 11 is 0. The average molecular weight is 223 g/mol. The summed E-state index contributed by atoms with van der Waals surface area (Å²) in [6.07, 6.45) is 2.94. The van der Waals surface area contributed by atoms with Crippen LogP contribution in [0.2, 0.25) is 0 Å². The van der Waals surface area contributed by atoms with Crippen molar-refractivity contribution >= 4 is 5.84 Å². The number of amidine groups is 1. The fourth-order valence-electron chi connectivity index (χ4n) is 1.62. The van der Waals surface area contributed by atoms with Crippen LogP contribution >= 0.6 is 0 Å². The monoisotopic (exact) mass is 223 g/mol. The first-order valence-corrected chi connectivity index (χ1v) is 5.67. The molecule has 0 aromatic heterocycles. The summed E-state index contributed by atoms with van der Waals surface area (Å²) in [6.45, 7) is 6.51. The molecule has 0 bridgehead atoms. The van der Waals surface area contributed by atoms with Crippen LogP contribution in [0.4, 0.5) is 0 Å². The number of nitrogens with one attached hydrogen (secondary N) is 1. The summed E-state index contributed by atoms with van der Waals surface area (Å²) in [5.41, 5.74) is 8.70. The number of allylic oxidation sites excluding steroid dienone is 2. The van der Waals surface area contributed by atoms with Crippen LogP contribution in [0.5, 0.6) is 0 Å². The molecule has 0 amide bonds. The Morgan fingerprint density at radius 3 is 2.88 bits per heavy atom. The summed E-state index contributed by atoms with van der Waals surface area (Å²) < 4.78 is 0. The van der Waals surface area contributed by atoms with Gasteiger partial charge in [-0.25, -0.2) is 0 Å². The molecule has 0 radical (unpaired) electrons. The van der Waals surface area contributed by atoms with Crippen molar-refractivity contribution < 1.29 is 5.11 Å². The number of aliphatic hydroxyl groups excluding tert-OH is 1. The van der Waals surface area contributed by atoms with E-state index in [-0.39, 0.29) is 0 Å². The van der Waals surface area contributed by atoms with Crippen molar-refractivity contribution in [2.45, 2.75) is 39.7 Å². The zero-order chi connectivity index (χ0) is 12.1. The standard InChI is InChI=1S/C12H21N3O/c1-4-12-14-7-11(15-12)8(2)5-10(13)6-9(3)16/h5,9,16H,4,6-7,13H2,1-3H3,(H,14,15)/b10-5-,11-8+. The Hall–Kier alpha value is -1.29. The number of hydrogen-bond donors (Lipinski definition) is 3. The van der Waals surface area contributed by atoms with Gasteiger partial charge < -0.3 is 16.2 Å². The Bertz CT molecular complexity index is 340. The van der Waals surface area contributed by atoms with E-state index in [2.05, 4.69) is 17.2 Å². The van der Waals surface area contributed by atoms with Crippen LogP contribution in [-0.4, -0.2) is 23.6 Å². The lowest BCUT2D eigenvalue weighted by Crippen LogP contribution is -2.17. The van der Waals surface area contributed by atoms with Crippen molar-refractivity contribution in [3.05, 3.63) is 23.0 Å². The van der Waals surface area contributed by atoms with Gasteiger partial charge in [-0.05, 0) is 25.5 Å². The molecule has 4 N–H and O–H groups in total. The highest BCUT2D eigenvalue weighted by molar-refractivity contribution is 5.86. The fourth-order valence-corrected chi connectivity index (χ4v) is 1.62. The predicted molar refractivity (Wildman–Crippen MR) is 67.0 cm³/mol. The van der Waals surface area contributed by atoms with Gasteiger partial charge in [0.2, 0.25) is 0 Å². The number of aliphatic hydroxyl groups is 1. The van der Waals surface area contributed by atoms with Crippen molar-refractivity contribution in [3.63, 3.8) is 0 Å². The molecule has 0 saturated heterocycles. The highest BCUT2D eigenvalue weighted by atomic mass is 16.3. The lowest BCUT2D eigenvalue weighted by molar-refractivity contribution is 0.195. The summed E-state index contributed by atoms with van der Waals surface area (Å²) in [6, 6.07) is 0. The molecule has 90 valence electrons. The predicted octanol–water partition coefficient (Wildman–Crippen LogP) is 1.29. The van der Waals surface area contributed by atoms with E-state index in [0.29, 0.717) is 18.7 Å². The average Bonchev–Trinajstić information content (AvgIpc) is 2.64. The van der Waals surface area contributed by atoms with Crippen molar-refractivity contribution in [2.24, 2.45) is 10.7 Å². The lowest BCUT2D eigenvalue weighted by atomic mass is 10.1. The molecule has 0 saturated carbocycles. The minimum atomic E-state index is -0.395. The third-order valence-electron chi connectivity index (χ3n) is 2.47. The van der Waals surface area contributed by atoms with Crippen LogP contribution < -0.4 is 11.1 Å². The molecule has 0 aliphatic carbocycles. The van der Waals surface area contributed by atoms with Gasteiger partial charge in [-0.2, -0.15) is 0 Å². The van der Waals surface area contributed by atoms with Crippen molar-refractivity contribution in [3.8, 4) is 0 Å². The molecular weight excluding hydrogens is 202 g/mol. The first kappa shape index (κ1) is 12.8. The van der Waals surface area contributed by atoms with Crippen LogP contribution in [0.15, 0.2) is 28.0 Å².